The predicted molar refractivity (Wildman–Crippen MR) is 97.3 cm³/mol. The zero-order valence-corrected chi connectivity index (χ0v) is 14.7. The normalized spacial score (nSPS) is 12.0. The topological polar surface area (TPSA) is 59.8 Å². The molecule has 0 radical (unpaired) electrons. The van der Waals surface area contributed by atoms with E-state index in [0.717, 1.165) is 17.0 Å². The van der Waals surface area contributed by atoms with E-state index in [1.807, 2.05) is 32.2 Å². The first-order chi connectivity index (χ1) is 12.0. The highest BCUT2D eigenvalue weighted by molar-refractivity contribution is 5.92. The van der Waals surface area contributed by atoms with Crippen molar-refractivity contribution in [2.45, 2.75) is 26.3 Å². The van der Waals surface area contributed by atoms with Crippen LogP contribution in [0.5, 0.6) is 0 Å². The molecule has 0 aliphatic heterocycles. The second-order valence-electron chi connectivity index (χ2n) is 6.26. The Labute approximate surface area is 147 Å². The minimum atomic E-state index is -0.210. The molecule has 1 amide bonds. The number of carbonyl (C=O) groups is 1. The molecule has 0 saturated carbocycles. The Morgan fingerprint density at radius 1 is 1.16 bits per heavy atom. The molecule has 1 aromatic carbocycles. The molecule has 0 aliphatic rings. The number of aromatic nitrogens is 3. The number of aryl methyl sites for hydroxylation is 3. The molecule has 2 aromatic heterocycles. The Kier molecular flexibility index (Phi) is 4.93. The van der Waals surface area contributed by atoms with Crippen molar-refractivity contribution in [2.75, 3.05) is 0 Å². The SMILES string of the molecule is Cc1ccc(C[C@H](NC(=O)c2cc(C)n(C)n2)c2ccccn2)cc1. The molecule has 25 heavy (non-hydrogen) atoms. The molecule has 128 valence electrons. The second-order valence-corrected chi connectivity index (χ2v) is 6.26. The van der Waals surface area contributed by atoms with E-state index in [0.29, 0.717) is 12.1 Å². The van der Waals surface area contributed by atoms with Crippen LogP contribution in [0.15, 0.2) is 54.7 Å². The van der Waals surface area contributed by atoms with Gasteiger partial charge in [0.05, 0.1) is 11.7 Å². The number of hydrogen-bond acceptors (Lipinski definition) is 3. The van der Waals surface area contributed by atoms with Crippen molar-refractivity contribution in [1.82, 2.24) is 20.1 Å². The maximum atomic E-state index is 12.6. The quantitative estimate of drug-likeness (QED) is 0.780. The van der Waals surface area contributed by atoms with Gasteiger partial charge in [0.1, 0.15) is 5.69 Å². The van der Waals surface area contributed by atoms with Crippen LogP contribution in [0, 0.1) is 13.8 Å². The van der Waals surface area contributed by atoms with Crippen LogP contribution in [0.2, 0.25) is 0 Å². The lowest BCUT2D eigenvalue weighted by Gasteiger charge is -2.18. The Morgan fingerprint density at radius 2 is 1.92 bits per heavy atom. The van der Waals surface area contributed by atoms with Crippen molar-refractivity contribution < 1.29 is 4.79 Å². The van der Waals surface area contributed by atoms with Crippen LogP contribution in [0.3, 0.4) is 0 Å². The Hall–Kier alpha value is -2.95. The largest absolute Gasteiger partial charge is 0.342 e. The Morgan fingerprint density at radius 3 is 2.52 bits per heavy atom. The molecule has 1 N–H and O–H groups in total. The number of nitrogens with one attached hydrogen (secondary N) is 1. The molecule has 1 atom stereocenters. The fourth-order valence-electron chi connectivity index (χ4n) is 2.68. The zero-order valence-electron chi connectivity index (χ0n) is 14.7. The fourth-order valence-corrected chi connectivity index (χ4v) is 2.68. The number of hydrogen-bond donors (Lipinski definition) is 1. The summed E-state index contributed by atoms with van der Waals surface area (Å²) >= 11 is 0. The summed E-state index contributed by atoms with van der Waals surface area (Å²) in [5.74, 6) is -0.188. The lowest BCUT2D eigenvalue weighted by Crippen LogP contribution is -2.31. The first-order valence-corrected chi connectivity index (χ1v) is 8.31. The monoisotopic (exact) mass is 334 g/mol. The van der Waals surface area contributed by atoms with Crippen LogP contribution < -0.4 is 5.32 Å². The summed E-state index contributed by atoms with van der Waals surface area (Å²) < 4.78 is 1.70. The molecule has 0 fully saturated rings. The highest BCUT2D eigenvalue weighted by Gasteiger charge is 2.19. The van der Waals surface area contributed by atoms with Gasteiger partial charge in [-0.3, -0.25) is 14.5 Å². The minimum absolute atomic E-state index is 0.188. The van der Waals surface area contributed by atoms with Gasteiger partial charge in [-0.05, 0) is 44.0 Å². The molecule has 5 heteroatoms. The summed E-state index contributed by atoms with van der Waals surface area (Å²) in [5.41, 5.74) is 4.57. The van der Waals surface area contributed by atoms with Gasteiger partial charge in [-0.2, -0.15) is 5.10 Å². The van der Waals surface area contributed by atoms with Crippen LogP contribution in [0.4, 0.5) is 0 Å². The molecule has 0 unspecified atom stereocenters. The highest BCUT2D eigenvalue weighted by Crippen LogP contribution is 2.18. The molecule has 0 bridgehead atoms. The summed E-state index contributed by atoms with van der Waals surface area (Å²) in [7, 11) is 1.83. The van der Waals surface area contributed by atoms with Gasteiger partial charge in [-0.25, -0.2) is 0 Å². The van der Waals surface area contributed by atoms with E-state index in [9.17, 15) is 4.79 Å². The van der Waals surface area contributed by atoms with Crippen molar-refractivity contribution in [3.05, 3.63) is 82.9 Å². The molecule has 3 rings (SSSR count). The maximum Gasteiger partial charge on any atom is 0.272 e. The van der Waals surface area contributed by atoms with E-state index in [2.05, 4.69) is 46.6 Å². The summed E-state index contributed by atoms with van der Waals surface area (Å²) in [4.78, 5) is 17.0. The lowest BCUT2D eigenvalue weighted by molar-refractivity contribution is 0.0930. The number of rotatable bonds is 5. The standard InChI is InChI=1S/C20H22N4O/c1-14-7-9-16(10-8-14)13-18(17-6-4-5-11-21-17)22-20(25)19-12-15(2)24(3)23-19/h4-12,18H,13H2,1-3H3,(H,22,25)/t18-/m0/s1. The lowest BCUT2D eigenvalue weighted by atomic mass is 10.0. The smallest absolute Gasteiger partial charge is 0.272 e. The summed E-state index contributed by atoms with van der Waals surface area (Å²) in [6, 6.07) is 15.6. The molecule has 0 spiro atoms. The molecule has 0 aliphatic carbocycles. The van der Waals surface area contributed by atoms with Crippen molar-refractivity contribution in [1.29, 1.82) is 0 Å². The van der Waals surface area contributed by atoms with Gasteiger partial charge >= 0.3 is 0 Å². The summed E-state index contributed by atoms with van der Waals surface area (Å²) in [6.45, 7) is 3.98. The molecular weight excluding hydrogens is 312 g/mol. The minimum Gasteiger partial charge on any atom is -0.342 e. The van der Waals surface area contributed by atoms with Crippen molar-refractivity contribution in [2.24, 2.45) is 7.05 Å². The molecule has 0 saturated heterocycles. The van der Waals surface area contributed by atoms with E-state index in [1.165, 1.54) is 5.56 Å². The van der Waals surface area contributed by atoms with E-state index >= 15 is 0 Å². The van der Waals surface area contributed by atoms with Gasteiger partial charge < -0.3 is 5.32 Å². The Bertz CT molecular complexity index is 834. The fraction of sp³-hybridized carbons (Fsp3) is 0.250. The maximum absolute atomic E-state index is 12.6. The van der Waals surface area contributed by atoms with Gasteiger partial charge in [0, 0.05) is 18.9 Å². The number of amides is 1. The molecular formula is C20H22N4O. The van der Waals surface area contributed by atoms with Crippen molar-refractivity contribution in [3.63, 3.8) is 0 Å². The predicted octanol–water partition coefficient (Wildman–Crippen LogP) is 3.15. The number of benzene rings is 1. The van der Waals surface area contributed by atoms with Gasteiger partial charge in [-0.1, -0.05) is 35.9 Å². The van der Waals surface area contributed by atoms with Crippen LogP contribution in [-0.4, -0.2) is 20.7 Å². The number of nitrogens with zero attached hydrogens (tertiary/aromatic N) is 3. The van der Waals surface area contributed by atoms with Gasteiger partial charge in [0.15, 0.2) is 0 Å². The third-order valence-electron chi connectivity index (χ3n) is 4.26. The first kappa shape index (κ1) is 16.9. The average Bonchev–Trinajstić information content (AvgIpc) is 2.96. The van der Waals surface area contributed by atoms with Crippen LogP contribution in [0.1, 0.15) is 39.0 Å². The number of carbonyl (C=O) groups excluding carboxylic acids is 1. The van der Waals surface area contributed by atoms with E-state index in [-0.39, 0.29) is 11.9 Å². The van der Waals surface area contributed by atoms with Gasteiger partial charge in [0.25, 0.3) is 5.91 Å². The van der Waals surface area contributed by atoms with Crippen LogP contribution in [0.25, 0.3) is 0 Å². The third-order valence-corrected chi connectivity index (χ3v) is 4.26. The van der Waals surface area contributed by atoms with E-state index in [1.54, 1.807) is 16.9 Å². The third kappa shape index (κ3) is 4.12. The van der Waals surface area contributed by atoms with E-state index < -0.39 is 0 Å². The number of pyridine rings is 1. The Balaban J connectivity index is 1.83. The van der Waals surface area contributed by atoms with Crippen molar-refractivity contribution in [3.8, 4) is 0 Å². The summed E-state index contributed by atoms with van der Waals surface area (Å²) in [6.07, 6.45) is 2.42. The molecule has 3 aromatic rings. The van der Waals surface area contributed by atoms with Gasteiger partial charge in [0.2, 0.25) is 0 Å². The van der Waals surface area contributed by atoms with Crippen LogP contribution in [-0.2, 0) is 13.5 Å². The summed E-state index contributed by atoms with van der Waals surface area (Å²) in [5, 5.41) is 7.34. The highest BCUT2D eigenvalue weighted by atomic mass is 16.2. The average molecular weight is 334 g/mol. The van der Waals surface area contributed by atoms with E-state index in [4.69, 9.17) is 0 Å². The molecule has 5 nitrogen and oxygen atoms in total. The first-order valence-electron chi connectivity index (χ1n) is 8.31. The molecule has 2 heterocycles. The second kappa shape index (κ2) is 7.30. The zero-order chi connectivity index (χ0) is 17.8. The van der Waals surface area contributed by atoms with Crippen LogP contribution >= 0.6 is 0 Å². The van der Waals surface area contributed by atoms with Gasteiger partial charge in [-0.15, -0.1) is 0 Å². The van der Waals surface area contributed by atoms with Crippen molar-refractivity contribution >= 4 is 5.91 Å².